The monoisotopic (exact) mass is 211 g/mol. The molecule has 2 nitrogen and oxygen atoms in total. The Morgan fingerprint density at radius 2 is 2.08 bits per heavy atom. The van der Waals surface area contributed by atoms with Crippen LogP contribution in [0.1, 0.15) is 5.56 Å². The molecule has 0 spiro atoms. The van der Waals surface area contributed by atoms with E-state index in [1.54, 1.807) is 6.92 Å². The predicted molar refractivity (Wildman–Crippen MR) is 40.7 cm³/mol. The fraction of sp³-hybridized carbons (Fsp3) is 0.286. The van der Waals surface area contributed by atoms with Gasteiger partial charge in [-0.1, -0.05) is 11.6 Å². The first-order chi connectivity index (χ1) is 5.88. The number of alkyl halides is 3. The quantitative estimate of drug-likeness (QED) is 0.713. The molecule has 0 aliphatic carbocycles. The molecule has 0 amide bonds. The lowest BCUT2D eigenvalue weighted by molar-refractivity contribution is -0.276. The number of hydrogen-bond donors (Lipinski definition) is 0. The highest BCUT2D eigenvalue weighted by molar-refractivity contribution is 6.31. The second-order valence-electron chi connectivity index (χ2n) is 2.35. The van der Waals surface area contributed by atoms with Gasteiger partial charge >= 0.3 is 6.36 Å². The van der Waals surface area contributed by atoms with Crippen molar-refractivity contribution in [3.05, 3.63) is 22.8 Å². The van der Waals surface area contributed by atoms with Crippen LogP contribution in [0.5, 0.6) is 5.88 Å². The van der Waals surface area contributed by atoms with Crippen molar-refractivity contribution in [2.45, 2.75) is 13.3 Å². The summed E-state index contributed by atoms with van der Waals surface area (Å²) in [6, 6.07) is 1.34. The van der Waals surface area contributed by atoms with E-state index in [0.717, 1.165) is 0 Å². The second kappa shape index (κ2) is 3.41. The van der Waals surface area contributed by atoms with Gasteiger partial charge in [0.25, 0.3) is 0 Å². The number of pyridine rings is 1. The molecule has 6 heteroatoms. The maximum atomic E-state index is 11.7. The number of nitrogens with zero attached hydrogens (tertiary/aromatic N) is 1. The van der Waals surface area contributed by atoms with Crippen LogP contribution in [0, 0.1) is 6.92 Å². The molecule has 1 aromatic heterocycles. The Morgan fingerprint density at radius 3 is 2.54 bits per heavy atom. The molecule has 0 aromatic carbocycles. The Kier molecular flexibility index (Phi) is 2.66. The van der Waals surface area contributed by atoms with Gasteiger partial charge in [0.2, 0.25) is 5.88 Å². The standard InChI is InChI=1S/C7H5ClF3NO/c1-4-2-5(8)6(12-3-4)13-7(9,10)11/h2-3H,1H3. The summed E-state index contributed by atoms with van der Waals surface area (Å²) in [6.45, 7) is 1.66. The average molecular weight is 212 g/mol. The van der Waals surface area contributed by atoms with E-state index in [2.05, 4.69) is 9.72 Å². The zero-order chi connectivity index (χ0) is 10.1. The Balaban J connectivity index is 2.90. The van der Waals surface area contributed by atoms with Gasteiger partial charge < -0.3 is 4.74 Å². The van der Waals surface area contributed by atoms with E-state index in [9.17, 15) is 13.2 Å². The molecule has 0 unspecified atom stereocenters. The Labute approximate surface area is 77.3 Å². The first kappa shape index (κ1) is 10.1. The van der Waals surface area contributed by atoms with Gasteiger partial charge in [0.15, 0.2) is 0 Å². The molecular formula is C7H5ClF3NO. The van der Waals surface area contributed by atoms with Crippen molar-refractivity contribution >= 4 is 11.6 Å². The van der Waals surface area contributed by atoms with Crippen LogP contribution in [-0.4, -0.2) is 11.3 Å². The third-order valence-electron chi connectivity index (χ3n) is 1.16. The van der Waals surface area contributed by atoms with E-state index in [4.69, 9.17) is 11.6 Å². The highest BCUT2D eigenvalue weighted by atomic mass is 35.5. The van der Waals surface area contributed by atoms with Gasteiger partial charge in [0, 0.05) is 6.20 Å². The first-order valence-corrected chi connectivity index (χ1v) is 3.64. The van der Waals surface area contributed by atoms with E-state index in [1.165, 1.54) is 12.3 Å². The van der Waals surface area contributed by atoms with Crippen molar-refractivity contribution in [2.75, 3.05) is 0 Å². The van der Waals surface area contributed by atoms with Gasteiger partial charge in [-0.2, -0.15) is 0 Å². The topological polar surface area (TPSA) is 22.1 Å². The molecule has 0 atom stereocenters. The van der Waals surface area contributed by atoms with Gasteiger partial charge in [-0.3, -0.25) is 0 Å². The highest BCUT2D eigenvalue weighted by Gasteiger charge is 2.32. The van der Waals surface area contributed by atoms with Gasteiger partial charge in [-0.05, 0) is 18.6 Å². The van der Waals surface area contributed by atoms with Crippen molar-refractivity contribution in [3.63, 3.8) is 0 Å². The summed E-state index contributed by atoms with van der Waals surface area (Å²) in [6.07, 6.45) is -3.52. The molecule has 0 fully saturated rings. The number of aromatic nitrogens is 1. The predicted octanol–water partition coefficient (Wildman–Crippen LogP) is 2.94. The zero-order valence-corrected chi connectivity index (χ0v) is 7.28. The summed E-state index contributed by atoms with van der Waals surface area (Å²) in [4.78, 5) is 3.39. The smallest absolute Gasteiger partial charge is 0.386 e. The van der Waals surface area contributed by atoms with Crippen LogP contribution < -0.4 is 4.74 Å². The third kappa shape index (κ3) is 3.10. The van der Waals surface area contributed by atoms with Crippen molar-refractivity contribution in [3.8, 4) is 5.88 Å². The normalized spacial score (nSPS) is 11.5. The molecule has 0 saturated heterocycles. The van der Waals surface area contributed by atoms with Crippen LogP contribution in [-0.2, 0) is 0 Å². The first-order valence-electron chi connectivity index (χ1n) is 3.26. The summed E-state index contributed by atoms with van der Waals surface area (Å²) in [5.41, 5.74) is 0.666. The fourth-order valence-electron chi connectivity index (χ4n) is 0.706. The van der Waals surface area contributed by atoms with E-state index < -0.39 is 12.2 Å². The lowest BCUT2D eigenvalue weighted by Gasteiger charge is -2.08. The lowest BCUT2D eigenvalue weighted by Crippen LogP contribution is -2.18. The average Bonchev–Trinajstić information content (AvgIpc) is 1.93. The number of aryl methyl sites for hydroxylation is 1. The molecule has 0 N–H and O–H groups in total. The van der Waals surface area contributed by atoms with Crippen LogP contribution in [0.15, 0.2) is 12.3 Å². The minimum absolute atomic E-state index is 0.155. The van der Waals surface area contributed by atoms with Crippen LogP contribution in [0.2, 0.25) is 5.02 Å². The number of rotatable bonds is 1. The SMILES string of the molecule is Cc1cnc(OC(F)(F)F)c(Cl)c1. The van der Waals surface area contributed by atoms with Crippen LogP contribution in [0.3, 0.4) is 0 Å². The minimum atomic E-state index is -4.76. The number of halogens is 4. The third-order valence-corrected chi connectivity index (χ3v) is 1.43. The highest BCUT2D eigenvalue weighted by Crippen LogP contribution is 2.27. The second-order valence-corrected chi connectivity index (χ2v) is 2.75. The van der Waals surface area contributed by atoms with E-state index >= 15 is 0 Å². The van der Waals surface area contributed by atoms with Crippen molar-refractivity contribution in [1.29, 1.82) is 0 Å². The van der Waals surface area contributed by atoms with Gasteiger partial charge in [-0.25, -0.2) is 4.98 Å². The summed E-state index contributed by atoms with van der Waals surface area (Å²) < 4.78 is 38.6. The van der Waals surface area contributed by atoms with Gasteiger partial charge in [-0.15, -0.1) is 13.2 Å². The molecule has 0 aliphatic rings. The molecular weight excluding hydrogens is 207 g/mol. The zero-order valence-electron chi connectivity index (χ0n) is 6.52. The summed E-state index contributed by atoms with van der Waals surface area (Å²) in [5.74, 6) is -0.625. The number of ether oxygens (including phenoxy) is 1. The lowest BCUT2D eigenvalue weighted by atomic mass is 10.3. The maximum absolute atomic E-state index is 11.7. The Hall–Kier alpha value is -0.970. The fourth-order valence-corrected chi connectivity index (χ4v) is 0.965. The van der Waals surface area contributed by atoms with Crippen LogP contribution in [0.25, 0.3) is 0 Å². The molecule has 1 rings (SSSR count). The summed E-state index contributed by atoms with van der Waals surface area (Å²) in [5, 5.41) is -0.155. The molecule has 72 valence electrons. The van der Waals surface area contributed by atoms with Crippen molar-refractivity contribution < 1.29 is 17.9 Å². The number of hydrogen-bond acceptors (Lipinski definition) is 2. The minimum Gasteiger partial charge on any atom is -0.386 e. The molecule has 0 radical (unpaired) electrons. The van der Waals surface area contributed by atoms with E-state index in [1.807, 2.05) is 0 Å². The Morgan fingerprint density at radius 1 is 1.46 bits per heavy atom. The molecule has 0 saturated carbocycles. The van der Waals surface area contributed by atoms with Crippen molar-refractivity contribution in [2.24, 2.45) is 0 Å². The van der Waals surface area contributed by atoms with Gasteiger partial charge in [0.05, 0.1) is 0 Å². The van der Waals surface area contributed by atoms with E-state index in [0.29, 0.717) is 5.56 Å². The maximum Gasteiger partial charge on any atom is 0.574 e. The van der Waals surface area contributed by atoms with Gasteiger partial charge in [0.1, 0.15) is 5.02 Å². The molecule has 13 heavy (non-hydrogen) atoms. The van der Waals surface area contributed by atoms with Crippen LogP contribution in [0.4, 0.5) is 13.2 Å². The summed E-state index contributed by atoms with van der Waals surface area (Å²) in [7, 11) is 0. The summed E-state index contributed by atoms with van der Waals surface area (Å²) >= 11 is 5.45. The molecule has 0 bridgehead atoms. The Bertz CT molecular complexity index is 313. The van der Waals surface area contributed by atoms with Crippen molar-refractivity contribution in [1.82, 2.24) is 4.98 Å². The molecule has 0 aliphatic heterocycles. The molecule has 1 aromatic rings. The van der Waals surface area contributed by atoms with Crippen LogP contribution >= 0.6 is 11.6 Å². The van der Waals surface area contributed by atoms with E-state index in [-0.39, 0.29) is 5.02 Å². The molecule has 1 heterocycles. The largest absolute Gasteiger partial charge is 0.574 e.